The molecule has 3 nitrogen and oxygen atoms in total. The van der Waals surface area contributed by atoms with E-state index < -0.39 is 0 Å². The minimum atomic E-state index is -0.383. The van der Waals surface area contributed by atoms with Crippen molar-refractivity contribution in [2.45, 2.75) is 6.92 Å². The van der Waals surface area contributed by atoms with Crippen LogP contribution in [0.4, 0.5) is 10.1 Å². The van der Waals surface area contributed by atoms with Crippen molar-refractivity contribution >= 4 is 27.5 Å². The summed E-state index contributed by atoms with van der Waals surface area (Å²) in [6.07, 6.45) is 1.40. The Morgan fingerprint density at radius 2 is 2.18 bits per heavy atom. The molecule has 0 fully saturated rings. The number of hydrogen-bond acceptors (Lipinski definition) is 2. The molecule has 1 amide bonds. The van der Waals surface area contributed by atoms with E-state index in [1.54, 1.807) is 13.0 Å². The number of hydrogen-bond donors (Lipinski definition) is 1. The van der Waals surface area contributed by atoms with Crippen molar-refractivity contribution in [1.82, 2.24) is 0 Å². The van der Waals surface area contributed by atoms with Gasteiger partial charge in [0.1, 0.15) is 5.82 Å². The van der Waals surface area contributed by atoms with Crippen LogP contribution in [0.1, 0.15) is 15.9 Å². The lowest BCUT2D eigenvalue weighted by molar-refractivity contribution is 0.102. The lowest BCUT2D eigenvalue weighted by Crippen LogP contribution is -2.11. The molecule has 1 aromatic carbocycles. The number of amides is 1. The number of carbonyl (C=O) groups excluding carboxylic acids is 1. The highest BCUT2D eigenvalue weighted by atomic mass is 79.9. The van der Waals surface area contributed by atoms with E-state index in [0.29, 0.717) is 15.9 Å². The molecule has 5 heteroatoms. The smallest absolute Gasteiger partial charge is 0.260 e. The largest absolute Gasteiger partial charge is 0.457 e. The Balaban J connectivity index is 2.21. The summed E-state index contributed by atoms with van der Waals surface area (Å²) in [7, 11) is 0. The van der Waals surface area contributed by atoms with Crippen LogP contribution >= 0.6 is 15.9 Å². The molecule has 0 spiro atoms. The molecule has 0 radical (unpaired) electrons. The van der Waals surface area contributed by atoms with Gasteiger partial charge >= 0.3 is 0 Å². The van der Waals surface area contributed by atoms with E-state index in [0.717, 1.165) is 5.56 Å². The molecule has 0 saturated carbocycles. The van der Waals surface area contributed by atoms with Gasteiger partial charge < -0.3 is 9.73 Å². The Morgan fingerprint density at radius 1 is 1.41 bits per heavy atom. The normalized spacial score (nSPS) is 10.3. The van der Waals surface area contributed by atoms with Gasteiger partial charge in [0.15, 0.2) is 4.67 Å². The molecule has 1 aromatic heterocycles. The summed E-state index contributed by atoms with van der Waals surface area (Å²) in [5.74, 6) is -0.734. The van der Waals surface area contributed by atoms with Crippen LogP contribution < -0.4 is 5.32 Å². The lowest BCUT2D eigenvalue weighted by atomic mass is 10.2. The molecule has 17 heavy (non-hydrogen) atoms. The highest BCUT2D eigenvalue weighted by Gasteiger charge is 2.13. The highest BCUT2D eigenvalue weighted by Crippen LogP contribution is 2.20. The molecule has 0 atom stereocenters. The number of nitrogens with one attached hydrogen (secondary N) is 1. The molecule has 0 aliphatic rings. The monoisotopic (exact) mass is 297 g/mol. The summed E-state index contributed by atoms with van der Waals surface area (Å²) in [5, 5.41) is 2.60. The number of benzene rings is 1. The third-order valence-electron chi connectivity index (χ3n) is 2.16. The van der Waals surface area contributed by atoms with Gasteiger partial charge in [-0.15, -0.1) is 0 Å². The molecule has 88 valence electrons. The zero-order valence-electron chi connectivity index (χ0n) is 8.96. The van der Waals surface area contributed by atoms with Crippen LogP contribution in [0.3, 0.4) is 0 Å². The van der Waals surface area contributed by atoms with Crippen LogP contribution in [0.25, 0.3) is 0 Å². The van der Waals surface area contributed by atoms with Crippen molar-refractivity contribution in [3.63, 3.8) is 0 Å². The Morgan fingerprint density at radius 3 is 2.76 bits per heavy atom. The van der Waals surface area contributed by atoms with E-state index in [4.69, 9.17) is 4.42 Å². The van der Waals surface area contributed by atoms with Gasteiger partial charge in [-0.25, -0.2) is 4.39 Å². The van der Waals surface area contributed by atoms with Gasteiger partial charge in [-0.1, -0.05) is 0 Å². The van der Waals surface area contributed by atoms with E-state index in [-0.39, 0.29) is 11.7 Å². The molecule has 0 unspecified atom stereocenters. The summed E-state index contributed by atoms with van der Waals surface area (Å²) in [5.41, 5.74) is 1.53. The summed E-state index contributed by atoms with van der Waals surface area (Å²) in [6.45, 7) is 1.76. The quantitative estimate of drug-likeness (QED) is 0.917. The number of aryl methyl sites for hydroxylation is 1. The Kier molecular flexibility index (Phi) is 3.28. The fraction of sp³-hybridized carbons (Fsp3) is 0.0833. The second kappa shape index (κ2) is 4.71. The van der Waals surface area contributed by atoms with E-state index in [2.05, 4.69) is 21.2 Å². The standard InChI is InChI=1S/C12H9BrFNO2/c1-7-4-8(14)6-9(5-7)15-12(16)10-2-3-17-11(10)13/h2-6H,1H3,(H,15,16). The maximum Gasteiger partial charge on any atom is 0.260 e. The zero-order chi connectivity index (χ0) is 12.4. The van der Waals surface area contributed by atoms with Gasteiger partial charge in [0.2, 0.25) is 0 Å². The average molecular weight is 298 g/mol. The number of anilines is 1. The third kappa shape index (κ3) is 2.74. The van der Waals surface area contributed by atoms with Crippen molar-refractivity contribution in [1.29, 1.82) is 0 Å². The van der Waals surface area contributed by atoms with Crippen LogP contribution in [0.5, 0.6) is 0 Å². The second-order valence-electron chi connectivity index (χ2n) is 3.58. The predicted octanol–water partition coefficient (Wildman–Crippen LogP) is 3.74. The Labute approximate surface area is 106 Å². The van der Waals surface area contributed by atoms with E-state index in [1.807, 2.05) is 0 Å². The second-order valence-corrected chi connectivity index (χ2v) is 4.30. The number of halogens is 2. The minimum Gasteiger partial charge on any atom is -0.457 e. The number of furan rings is 1. The first-order valence-corrected chi connectivity index (χ1v) is 5.67. The van der Waals surface area contributed by atoms with Gasteiger partial charge in [-0.3, -0.25) is 4.79 Å². The fourth-order valence-corrected chi connectivity index (χ4v) is 1.88. The fourth-order valence-electron chi connectivity index (χ4n) is 1.46. The van der Waals surface area contributed by atoms with Crippen molar-refractivity contribution < 1.29 is 13.6 Å². The molecule has 0 saturated heterocycles. The van der Waals surface area contributed by atoms with Crippen LogP contribution in [0.15, 0.2) is 39.6 Å². The van der Waals surface area contributed by atoms with E-state index in [1.165, 1.54) is 24.5 Å². The molecular formula is C12H9BrFNO2. The molecule has 1 N–H and O–H groups in total. The molecule has 0 bridgehead atoms. The van der Waals surface area contributed by atoms with Gasteiger partial charge in [0, 0.05) is 5.69 Å². The Bertz CT molecular complexity index is 545. The molecule has 2 rings (SSSR count). The van der Waals surface area contributed by atoms with Gasteiger partial charge in [-0.05, 0) is 52.7 Å². The van der Waals surface area contributed by atoms with E-state index >= 15 is 0 Å². The molecular weight excluding hydrogens is 289 g/mol. The van der Waals surface area contributed by atoms with Crippen LogP contribution in [-0.2, 0) is 0 Å². The van der Waals surface area contributed by atoms with Crippen LogP contribution in [-0.4, -0.2) is 5.91 Å². The lowest BCUT2D eigenvalue weighted by Gasteiger charge is -2.05. The van der Waals surface area contributed by atoms with Gasteiger partial charge in [0.05, 0.1) is 11.8 Å². The SMILES string of the molecule is Cc1cc(F)cc(NC(=O)c2ccoc2Br)c1. The van der Waals surface area contributed by atoms with Crippen molar-refractivity contribution in [2.75, 3.05) is 5.32 Å². The molecule has 0 aliphatic heterocycles. The Hall–Kier alpha value is -1.62. The zero-order valence-corrected chi connectivity index (χ0v) is 10.5. The summed E-state index contributed by atoms with van der Waals surface area (Å²) >= 11 is 3.11. The van der Waals surface area contributed by atoms with Gasteiger partial charge in [-0.2, -0.15) is 0 Å². The molecule has 2 aromatic rings. The van der Waals surface area contributed by atoms with Gasteiger partial charge in [0.25, 0.3) is 5.91 Å². The average Bonchev–Trinajstić information content (AvgIpc) is 2.62. The number of rotatable bonds is 2. The van der Waals surface area contributed by atoms with Crippen LogP contribution in [0, 0.1) is 12.7 Å². The first kappa shape index (κ1) is 11.9. The maximum atomic E-state index is 13.1. The molecule has 1 heterocycles. The summed E-state index contributed by atoms with van der Waals surface area (Å²) < 4.78 is 18.4. The summed E-state index contributed by atoms with van der Waals surface area (Å²) in [4.78, 5) is 11.8. The summed E-state index contributed by atoms with van der Waals surface area (Å²) in [6, 6.07) is 5.88. The van der Waals surface area contributed by atoms with Crippen molar-refractivity contribution in [2.24, 2.45) is 0 Å². The van der Waals surface area contributed by atoms with Crippen molar-refractivity contribution in [3.8, 4) is 0 Å². The van der Waals surface area contributed by atoms with Crippen molar-refractivity contribution in [3.05, 3.63) is 52.1 Å². The minimum absolute atomic E-state index is 0.350. The first-order chi connectivity index (χ1) is 8.06. The first-order valence-electron chi connectivity index (χ1n) is 4.88. The predicted molar refractivity (Wildman–Crippen MR) is 65.5 cm³/mol. The number of carbonyl (C=O) groups is 1. The van der Waals surface area contributed by atoms with Crippen LogP contribution in [0.2, 0.25) is 0 Å². The van der Waals surface area contributed by atoms with E-state index in [9.17, 15) is 9.18 Å². The topological polar surface area (TPSA) is 42.2 Å². The molecule has 0 aliphatic carbocycles. The highest BCUT2D eigenvalue weighted by molar-refractivity contribution is 9.10. The maximum absolute atomic E-state index is 13.1. The third-order valence-corrected chi connectivity index (χ3v) is 2.78.